The van der Waals surface area contributed by atoms with E-state index in [4.69, 9.17) is 11.5 Å². The number of hydrogen-bond donors (Lipinski definition) is 5. The largest absolute Gasteiger partial charge is 0.397 e. The Kier molecular flexibility index (Phi) is 6.14. The van der Waals surface area contributed by atoms with Gasteiger partial charge in [-0.25, -0.2) is 0 Å². The van der Waals surface area contributed by atoms with Crippen LogP contribution in [0.4, 0.5) is 45.5 Å². The Labute approximate surface area is 186 Å². The van der Waals surface area contributed by atoms with Gasteiger partial charge in [0.05, 0.1) is 46.0 Å². The molecule has 0 fully saturated rings. The molecule has 6 nitrogen and oxygen atoms in total. The fraction of sp³-hybridized carbons (Fsp3) is 0.0417. The van der Waals surface area contributed by atoms with E-state index in [9.17, 15) is 0 Å². The molecule has 0 atom stereocenters. The second-order valence-electron chi connectivity index (χ2n) is 6.92. The fourth-order valence-corrected chi connectivity index (χ4v) is 3.53. The first-order valence-corrected chi connectivity index (χ1v) is 11.0. The van der Waals surface area contributed by atoms with E-state index in [1.54, 1.807) is 30.2 Å². The van der Waals surface area contributed by atoms with Crippen molar-refractivity contribution >= 4 is 57.3 Å². The highest BCUT2D eigenvalue weighted by Gasteiger charge is 2.09. The van der Waals surface area contributed by atoms with Crippen molar-refractivity contribution in [2.45, 2.75) is 4.90 Å². The average molecular weight is 429 g/mol. The van der Waals surface area contributed by atoms with Crippen LogP contribution in [0.3, 0.4) is 0 Å². The minimum atomic E-state index is 0.562. The molecule has 156 valence electrons. The number of pyridine rings is 1. The van der Waals surface area contributed by atoms with E-state index in [0.717, 1.165) is 34.1 Å². The molecule has 0 amide bonds. The summed E-state index contributed by atoms with van der Waals surface area (Å²) in [7, 11) is 0. The number of nitrogen functional groups attached to an aromatic ring is 2. The Hall–Kier alpha value is -3.84. The van der Waals surface area contributed by atoms with Crippen molar-refractivity contribution in [2.75, 3.05) is 33.7 Å². The highest BCUT2D eigenvalue weighted by atomic mass is 32.2. The number of rotatable bonds is 7. The lowest BCUT2D eigenvalue weighted by atomic mass is 10.1. The summed E-state index contributed by atoms with van der Waals surface area (Å²) in [6.07, 6.45) is 5.53. The van der Waals surface area contributed by atoms with Crippen LogP contribution in [0.1, 0.15) is 0 Å². The molecule has 0 unspecified atom stereocenters. The zero-order valence-electron chi connectivity index (χ0n) is 17.1. The lowest BCUT2D eigenvalue weighted by Crippen LogP contribution is -2.03. The summed E-state index contributed by atoms with van der Waals surface area (Å²) in [5, 5.41) is 10.2. The van der Waals surface area contributed by atoms with Gasteiger partial charge in [0.25, 0.3) is 0 Å². The molecule has 0 saturated heterocycles. The molecule has 0 aliphatic rings. The second-order valence-corrected chi connectivity index (χ2v) is 7.80. The Morgan fingerprint density at radius 2 is 1.32 bits per heavy atom. The molecule has 1 heterocycles. The summed E-state index contributed by atoms with van der Waals surface area (Å²) in [4.78, 5) is 5.35. The van der Waals surface area contributed by atoms with E-state index in [-0.39, 0.29) is 0 Å². The first-order valence-electron chi connectivity index (χ1n) is 9.75. The Balaban J connectivity index is 1.59. The van der Waals surface area contributed by atoms with Crippen LogP contribution in [0, 0.1) is 0 Å². The maximum Gasteiger partial charge on any atom is 0.0640 e. The normalized spacial score (nSPS) is 10.5. The topological polar surface area (TPSA) is 101 Å². The lowest BCUT2D eigenvalue weighted by Gasteiger charge is -2.18. The quantitative estimate of drug-likeness (QED) is 0.176. The van der Waals surface area contributed by atoms with Crippen LogP contribution < -0.4 is 27.4 Å². The standard InChI is InChI=1S/C24H24N6S/c1-31-18-10-8-16(9-11-18)28-21-6-2-3-7-22(21)30-24-14-23(19(25)13-20(24)26)29-17-5-4-12-27-15-17/h2-15,28-30H,25-26H2,1H3. The van der Waals surface area contributed by atoms with Gasteiger partial charge in [0.15, 0.2) is 0 Å². The van der Waals surface area contributed by atoms with E-state index in [2.05, 4.69) is 51.5 Å². The van der Waals surface area contributed by atoms with E-state index in [1.165, 1.54) is 4.90 Å². The summed E-state index contributed by atoms with van der Waals surface area (Å²) in [6.45, 7) is 0. The van der Waals surface area contributed by atoms with Gasteiger partial charge in [-0.15, -0.1) is 11.8 Å². The molecule has 7 heteroatoms. The third kappa shape index (κ3) is 5.02. The number of nitrogens with zero attached hydrogens (tertiary/aromatic N) is 1. The van der Waals surface area contributed by atoms with E-state index >= 15 is 0 Å². The number of thioether (sulfide) groups is 1. The molecule has 0 radical (unpaired) electrons. The van der Waals surface area contributed by atoms with Crippen molar-refractivity contribution in [1.82, 2.24) is 4.98 Å². The number of benzene rings is 3. The summed E-state index contributed by atoms with van der Waals surface area (Å²) < 4.78 is 0. The number of nitrogens with two attached hydrogens (primary N) is 2. The van der Waals surface area contributed by atoms with E-state index in [0.29, 0.717) is 11.4 Å². The number of aromatic nitrogens is 1. The summed E-state index contributed by atoms with van der Waals surface area (Å²) in [5.41, 5.74) is 18.8. The molecule has 31 heavy (non-hydrogen) atoms. The van der Waals surface area contributed by atoms with Crippen LogP contribution in [0.2, 0.25) is 0 Å². The van der Waals surface area contributed by atoms with Gasteiger partial charge in [0, 0.05) is 16.8 Å². The molecular formula is C24H24N6S. The van der Waals surface area contributed by atoms with Crippen LogP contribution in [0.15, 0.2) is 90.1 Å². The first kappa shape index (κ1) is 20.4. The van der Waals surface area contributed by atoms with Gasteiger partial charge < -0.3 is 27.4 Å². The highest BCUT2D eigenvalue weighted by Crippen LogP contribution is 2.35. The molecule has 0 aliphatic heterocycles. The summed E-state index contributed by atoms with van der Waals surface area (Å²) >= 11 is 1.72. The third-order valence-electron chi connectivity index (χ3n) is 4.73. The SMILES string of the molecule is CSc1ccc(Nc2ccccc2Nc2cc(Nc3cccnc3)c(N)cc2N)cc1. The Morgan fingerprint density at radius 1 is 0.677 bits per heavy atom. The van der Waals surface area contributed by atoms with Gasteiger partial charge in [-0.1, -0.05) is 12.1 Å². The van der Waals surface area contributed by atoms with Gasteiger partial charge in [-0.3, -0.25) is 4.98 Å². The smallest absolute Gasteiger partial charge is 0.0640 e. The van der Waals surface area contributed by atoms with Crippen LogP contribution in [0.5, 0.6) is 0 Å². The van der Waals surface area contributed by atoms with Crippen molar-refractivity contribution in [3.8, 4) is 0 Å². The molecule has 4 rings (SSSR count). The zero-order chi connectivity index (χ0) is 21.6. The van der Waals surface area contributed by atoms with Crippen molar-refractivity contribution in [2.24, 2.45) is 0 Å². The van der Waals surface area contributed by atoms with Crippen LogP contribution in [0.25, 0.3) is 0 Å². The monoisotopic (exact) mass is 428 g/mol. The van der Waals surface area contributed by atoms with Crippen LogP contribution in [-0.2, 0) is 0 Å². The third-order valence-corrected chi connectivity index (χ3v) is 5.47. The first-order chi connectivity index (χ1) is 15.1. The predicted molar refractivity (Wildman–Crippen MR) is 134 cm³/mol. The molecule has 1 aromatic heterocycles. The van der Waals surface area contributed by atoms with Crippen molar-refractivity contribution in [1.29, 1.82) is 0 Å². The predicted octanol–water partition coefficient (Wildman–Crippen LogP) is 6.20. The molecule has 0 bridgehead atoms. The maximum atomic E-state index is 6.26. The molecule has 0 spiro atoms. The number of nitrogens with one attached hydrogen (secondary N) is 3. The molecule has 0 saturated carbocycles. The molecule has 0 aliphatic carbocycles. The van der Waals surface area contributed by atoms with E-state index < -0.39 is 0 Å². The van der Waals surface area contributed by atoms with Crippen LogP contribution >= 0.6 is 11.8 Å². The molecule has 4 aromatic rings. The fourth-order valence-electron chi connectivity index (χ4n) is 3.12. The maximum absolute atomic E-state index is 6.26. The number of hydrogen-bond acceptors (Lipinski definition) is 7. The number of para-hydroxylation sites is 2. The van der Waals surface area contributed by atoms with Crippen molar-refractivity contribution in [3.63, 3.8) is 0 Å². The van der Waals surface area contributed by atoms with Gasteiger partial charge in [0.1, 0.15) is 0 Å². The van der Waals surface area contributed by atoms with Gasteiger partial charge in [-0.2, -0.15) is 0 Å². The Bertz CT molecular complexity index is 1160. The van der Waals surface area contributed by atoms with Gasteiger partial charge >= 0.3 is 0 Å². The minimum Gasteiger partial charge on any atom is -0.397 e. The molecular weight excluding hydrogens is 404 g/mol. The van der Waals surface area contributed by atoms with E-state index in [1.807, 2.05) is 42.5 Å². The van der Waals surface area contributed by atoms with Crippen molar-refractivity contribution < 1.29 is 0 Å². The Morgan fingerprint density at radius 3 is 1.97 bits per heavy atom. The van der Waals surface area contributed by atoms with Gasteiger partial charge in [-0.05, 0) is 66.9 Å². The van der Waals surface area contributed by atoms with Crippen molar-refractivity contribution in [3.05, 3.63) is 85.2 Å². The van der Waals surface area contributed by atoms with Gasteiger partial charge in [0.2, 0.25) is 0 Å². The molecule has 7 N–H and O–H groups in total. The minimum absolute atomic E-state index is 0.562. The summed E-state index contributed by atoms with van der Waals surface area (Å²) in [5.74, 6) is 0. The lowest BCUT2D eigenvalue weighted by molar-refractivity contribution is 1.32. The number of anilines is 8. The zero-order valence-corrected chi connectivity index (χ0v) is 17.9. The second kappa shape index (κ2) is 9.32. The highest BCUT2D eigenvalue weighted by molar-refractivity contribution is 7.98. The van der Waals surface area contributed by atoms with Crippen LogP contribution in [-0.4, -0.2) is 11.2 Å². The summed E-state index contributed by atoms with van der Waals surface area (Å²) in [6, 6.07) is 23.8. The molecule has 3 aromatic carbocycles. The average Bonchev–Trinajstić information content (AvgIpc) is 2.79.